The van der Waals surface area contributed by atoms with E-state index in [0.29, 0.717) is 0 Å². The Morgan fingerprint density at radius 2 is 1.16 bits per heavy atom. The van der Waals surface area contributed by atoms with Gasteiger partial charge in [0.25, 0.3) is 0 Å². The standard InChI is InChI=1S/C14H17N.2C2H6/c1-4-13-7-9-14(10-8-13)15-11(2)5-6-12(15)3;2*1-2/h5-10H,4H2,1-3H3;2*1-2H3. The van der Waals surface area contributed by atoms with Crippen LogP contribution in [0, 0.1) is 13.8 Å². The van der Waals surface area contributed by atoms with Gasteiger partial charge >= 0.3 is 0 Å². The van der Waals surface area contributed by atoms with Gasteiger partial charge in [0.1, 0.15) is 0 Å². The lowest BCUT2D eigenvalue weighted by Gasteiger charge is -2.09. The van der Waals surface area contributed by atoms with Crippen molar-refractivity contribution in [3.05, 3.63) is 53.3 Å². The zero-order chi connectivity index (χ0) is 14.8. The molecule has 1 aromatic carbocycles. The summed E-state index contributed by atoms with van der Waals surface area (Å²) in [6.07, 6.45) is 1.10. The number of hydrogen-bond donors (Lipinski definition) is 0. The SMILES string of the molecule is CC.CC.CCc1ccc(-n2c(C)ccc2C)cc1. The fraction of sp³-hybridized carbons (Fsp3) is 0.444. The van der Waals surface area contributed by atoms with Gasteiger partial charge in [-0.25, -0.2) is 0 Å². The van der Waals surface area contributed by atoms with Gasteiger partial charge in [-0.05, 0) is 50.1 Å². The number of benzene rings is 1. The molecule has 106 valence electrons. The Morgan fingerprint density at radius 3 is 1.53 bits per heavy atom. The van der Waals surface area contributed by atoms with Gasteiger partial charge in [-0.3, -0.25) is 0 Å². The molecule has 0 unspecified atom stereocenters. The number of aryl methyl sites for hydroxylation is 3. The third-order valence-electron chi connectivity index (χ3n) is 2.87. The molecule has 1 heterocycles. The Balaban J connectivity index is 0.000000741. The van der Waals surface area contributed by atoms with Gasteiger partial charge in [0, 0.05) is 17.1 Å². The molecule has 0 spiro atoms. The van der Waals surface area contributed by atoms with Gasteiger partial charge in [0.2, 0.25) is 0 Å². The Morgan fingerprint density at radius 1 is 0.737 bits per heavy atom. The Hall–Kier alpha value is -1.50. The molecule has 19 heavy (non-hydrogen) atoms. The van der Waals surface area contributed by atoms with Crippen LogP contribution in [-0.2, 0) is 6.42 Å². The lowest BCUT2D eigenvalue weighted by atomic mass is 10.1. The largest absolute Gasteiger partial charge is 0.319 e. The van der Waals surface area contributed by atoms with Gasteiger partial charge in [-0.15, -0.1) is 0 Å². The van der Waals surface area contributed by atoms with E-state index in [9.17, 15) is 0 Å². The Bertz CT molecular complexity index is 430. The van der Waals surface area contributed by atoms with Crippen molar-refractivity contribution in [1.29, 1.82) is 0 Å². The molecule has 0 radical (unpaired) electrons. The van der Waals surface area contributed by atoms with E-state index in [-0.39, 0.29) is 0 Å². The second kappa shape index (κ2) is 9.43. The molecule has 0 saturated carbocycles. The van der Waals surface area contributed by atoms with E-state index in [2.05, 4.69) is 61.7 Å². The van der Waals surface area contributed by atoms with E-state index >= 15 is 0 Å². The molecule has 2 aromatic rings. The van der Waals surface area contributed by atoms with Gasteiger partial charge in [0.05, 0.1) is 0 Å². The van der Waals surface area contributed by atoms with Gasteiger partial charge < -0.3 is 4.57 Å². The van der Waals surface area contributed by atoms with Crippen LogP contribution < -0.4 is 0 Å². The maximum absolute atomic E-state index is 2.28. The third-order valence-corrected chi connectivity index (χ3v) is 2.87. The molecule has 1 heteroatoms. The fourth-order valence-corrected chi connectivity index (χ4v) is 1.96. The van der Waals surface area contributed by atoms with E-state index in [1.165, 1.54) is 22.6 Å². The molecule has 1 aromatic heterocycles. The van der Waals surface area contributed by atoms with Crippen molar-refractivity contribution >= 4 is 0 Å². The molecule has 0 bridgehead atoms. The van der Waals surface area contributed by atoms with Crippen molar-refractivity contribution in [3.8, 4) is 5.69 Å². The third kappa shape index (κ3) is 4.59. The van der Waals surface area contributed by atoms with E-state index in [1.54, 1.807) is 0 Å². The van der Waals surface area contributed by atoms with Crippen LogP contribution in [0.5, 0.6) is 0 Å². The van der Waals surface area contributed by atoms with Crippen molar-refractivity contribution in [2.75, 3.05) is 0 Å². The summed E-state index contributed by atoms with van der Waals surface area (Å²) in [5.74, 6) is 0. The van der Waals surface area contributed by atoms with Crippen LogP contribution in [0.3, 0.4) is 0 Å². The summed E-state index contributed by atoms with van der Waals surface area (Å²) in [5, 5.41) is 0. The van der Waals surface area contributed by atoms with Crippen LogP contribution >= 0.6 is 0 Å². The molecule has 0 aliphatic carbocycles. The molecular weight excluding hydrogens is 230 g/mol. The van der Waals surface area contributed by atoms with Crippen molar-refractivity contribution in [1.82, 2.24) is 4.57 Å². The molecule has 0 fully saturated rings. The highest BCUT2D eigenvalue weighted by Gasteiger charge is 2.02. The number of nitrogens with zero attached hydrogens (tertiary/aromatic N) is 1. The number of hydrogen-bond acceptors (Lipinski definition) is 0. The second-order valence-corrected chi connectivity index (χ2v) is 3.97. The lowest BCUT2D eigenvalue weighted by molar-refractivity contribution is 0.963. The molecule has 0 aliphatic rings. The summed E-state index contributed by atoms with van der Waals surface area (Å²) in [6.45, 7) is 14.5. The quantitative estimate of drug-likeness (QED) is 0.651. The minimum atomic E-state index is 1.10. The zero-order valence-electron chi connectivity index (χ0n) is 13.6. The topological polar surface area (TPSA) is 4.93 Å². The Kier molecular flexibility index (Phi) is 8.69. The van der Waals surface area contributed by atoms with Crippen molar-refractivity contribution in [2.45, 2.75) is 54.9 Å². The van der Waals surface area contributed by atoms with Gasteiger partial charge in [-0.2, -0.15) is 0 Å². The Labute approximate surface area is 119 Å². The van der Waals surface area contributed by atoms with Crippen molar-refractivity contribution in [2.24, 2.45) is 0 Å². The molecule has 2 rings (SSSR count). The summed E-state index contributed by atoms with van der Waals surface area (Å²) in [4.78, 5) is 0. The van der Waals surface area contributed by atoms with Crippen LogP contribution in [-0.4, -0.2) is 4.57 Å². The number of rotatable bonds is 2. The van der Waals surface area contributed by atoms with E-state index in [4.69, 9.17) is 0 Å². The van der Waals surface area contributed by atoms with Crippen molar-refractivity contribution in [3.63, 3.8) is 0 Å². The summed E-state index contributed by atoms with van der Waals surface area (Å²) < 4.78 is 2.28. The predicted octanol–water partition coefficient (Wildman–Crippen LogP) is 5.71. The molecule has 0 aliphatic heterocycles. The highest BCUT2D eigenvalue weighted by molar-refractivity contribution is 5.39. The molecule has 0 atom stereocenters. The van der Waals surface area contributed by atoms with Crippen LogP contribution in [0.2, 0.25) is 0 Å². The van der Waals surface area contributed by atoms with Crippen LogP contribution in [0.1, 0.15) is 51.6 Å². The molecular formula is C18H29N. The lowest BCUT2D eigenvalue weighted by Crippen LogP contribution is -1.98. The highest BCUT2D eigenvalue weighted by atomic mass is 15.0. The van der Waals surface area contributed by atoms with Gasteiger partial charge in [-0.1, -0.05) is 46.8 Å². The van der Waals surface area contributed by atoms with Crippen LogP contribution in [0.4, 0.5) is 0 Å². The zero-order valence-corrected chi connectivity index (χ0v) is 13.6. The van der Waals surface area contributed by atoms with E-state index in [1.807, 2.05) is 27.7 Å². The average Bonchev–Trinajstić information content (AvgIpc) is 2.83. The van der Waals surface area contributed by atoms with E-state index in [0.717, 1.165) is 6.42 Å². The molecule has 1 nitrogen and oxygen atoms in total. The molecule has 0 saturated heterocycles. The maximum atomic E-state index is 2.28. The first-order chi connectivity index (χ1) is 9.22. The summed E-state index contributed by atoms with van der Waals surface area (Å²) in [6, 6.07) is 13.1. The number of aromatic nitrogens is 1. The van der Waals surface area contributed by atoms with Crippen LogP contribution in [0.15, 0.2) is 36.4 Å². The second-order valence-electron chi connectivity index (χ2n) is 3.97. The monoisotopic (exact) mass is 259 g/mol. The minimum Gasteiger partial charge on any atom is -0.319 e. The van der Waals surface area contributed by atoms with Gasteiger partial charge in [0.15, 0.2) is 0 Å². The average molecular weight is 259 g/mol. The van der Waals surface area contributed by atoms with Crippen molar-refractivity contribution < 1.29 is 0 Å². The smallest absolute Gasteiger partial charge is 0.0455 e. The van der Waals surface area contributed by atoms with Crippen LogP contribution in [0.25, 0.3) is 5.69 Å². The fourth-order valence-electron chi connectivity index (χ4n) is 1.96. The molecule has 0 N–H and O–H groups in total. The first kappa shape index (κ1) is 17.5. The maximum Gasteiger partial charge on any atom is 0.0455 e. The minimum absolute atomic E-state index is 1.10. The summed E-state index contributed by atoms with van der Waals surface area (Å²) in [7, 11) is 0. The molecule has 0 amide bonds. The van der Waals surface area contributed by atoms with E-state index < -0.39 is 0 Å². The first-order valence-electron chi connectivity index (χ1n) is 7.46. The summed E-state index contributed by atoms with van der Waals surface area (Å²) in [5.41, 5.74) is 5.22. The highest BCUT2D eigenvalue weighted by Crippen LogP contribution is 2.16. The first-order valence-corrected chi connectivity index (χ1v) is 7.46. The predicted molar refractivity (Wildman–Crippen MR) is 87.3 cm³/mol. The summed E-state index contributed by atoms with van der Waals surface area (Å²) >= 11 is 0. The normalized spacial score (nSPS) is 9.00.